The van der Waals surface area contributed by atoms with Gasteiger partial charge < -0.3 is 59.4 Å². The fraction of sp³-hybridized carbons (Fsp3) is 0.373. The molecule has 0 saturated carbocycles. The molecule has 1 aliphatic heterocycles. The molecule has 14 N–H and O–H groups in total. The maximum atomic E-state index is 14.9. The number of fused-ring (bicyclic) bond motifs is 2. The summed E-state index contributed by atoms with van der Waals surface area (Å²) in [7, 11) is 2.14. The van der Waals surface area contributed by atoms with Crippen LogP contribution >= 0.6 is 33.2 Å². The topological polar surface area (TPSA) is 328 Å². The third-order valence-corrected chi connectivity index (χ3v) is 16.6. The minimum absolute atomic E-state index is 0.0193. The van der Waals surface area contributed by atoms with E-state index in [-0.39, 0.29) is 50.2 Å². The number of halogens is 1. The predicted octanol–water partition coefficient (Wildman–Crippen LogP) is 3.42. The Balaban J connectivity index is 1.26. The smallest absolute Gasteiger partial charge is 0.244 e. The molecule has 20 nitrogen and oxygen atoms in total. The number of para-hydroxylation sites is 1. The first-order valence-electron chi connectivity index (χ1n) is 27.0. The number of hydrogen-bond acceptors (Lipinski definition) is 13. The average Bonchev–Trinajstić information content (AvgIpc) is 3.90. The van der Waals surface area contributed by atoms with Gasteiger partial charge in [0.25, 0.3) is 0 Å². The van der Waals surface area contributed by atoms with Gasteiger partial charge in [0.15, 0.2) is 0 Å². The van der Waals surface area contributed by atoms with Gasteiger partial charge in [0.2, 0.25) is 47.3 Å². The van der Waals surface area contributed by atoms with E-state index >= 15 is 0 Å². The third-order valence-electron chi connectivity index (χ3n) is 14.0. The van der Waals surface area contributed by atoms with E-state index in [1.807, 2.05) is 66.7 Å². The molecular formula is C59H71ClN12O8S2. The monoisotopic (exact) mass is 1170 g/mol. The Morgan fingerprint density at radius 2 is 1.37 bits per heavy atom. The molecule has 1 fully saturated rings. The van der Waals surface area contributed by atoms with Crippen LogP contribution in [0.1, 0.15) is 62.3 Å². The number of aromatic amines is 1. The molecule has 0 aliphatic carbocycles. The highest BCUT2D eigenvalue weighted by Crippen LogP contribution is 2.26. The van der Waals surface area contributed by atoms with Crippen LogP contribution in [0.25, 0.3) is 21.7 Å². The SMILES string of the molecule is CC(C)(C)C1NC(=O)C(CCCCN)NC(=O)C(Cc2c[nH]c3ccccc23)NC(=O)C(Cc2cccnc2)NC(=O)C(NC(=O)C(N)Cc2ccc(Cl)cc2)CSSCC(C(=O)NC(Cc2ccc3ccccc3c2)C(N)=O)NC1=O. The standard InChI is InChI=1S/C59H71ClN12O8S2/c1-59(2,3)50-58(80)71-49(56(78)67-45(51(63)73)27-35-17-20-37-12-4-5-13-38(37)25-35)33-82-81-32-48(70-52(74)42(62)26-34-18-21-40(60)22-19-34)57(79)68-46(28-36-11-10-24-64-30-36)54(76)69-47(29-39-31-65-43-15-7-6-14-41(39)43)55(77)66-44(53(75)72-50)16-8-9-23-61/h4-7,10-15,17-22,24-25,30-31,42,44-50,65H,8-9,16,23,26-29,32-33,61-62H2,1-3H3,(H2,63,73)(H,66,77)(H,67,78)(H,68,79)(H,69,76)(H,70,74)(H,71,80)(H,72,75). The zero-order valence-electron chi connectivity index (χ0n) is 45.9. The molecule has 8 amide bonds. The van der Waals surface area contributed by atoms with Crippen LogP contribution in [0, 0.1) is 5.41 Å². The van der Waals surface area contributed by atoms with Gasteiger partial charge in [0, 0.05) is 65.3 Å². The molecule has 434 valence electrons. The number of nitrogens with two attached hydrogens (primary N) is 3. The van der Waals surface area contributed by atoms with Gasteiger partial charge in [-0.05, 0) is 94.9 Å². The molecule has 82 heavy (non-hydrogen) atoms. The molecule has 2 aromatic heterocycles. The van der Waals surface area contributed by atoms with Crippen LogP contribution in [0.5, 0.6) is 0 Å². The number of amides is 8. The average molecular weight is 1180 g/mol. The molecule has 8 atom stereocenters. The molecule has 0 bridgehead atoms. The summed E-state index contributed by atoms with van der Waals surface area (Å²) in [5, 5.41) is 22.9. The van der Waals surface area contributed by atoms with Crippen LogP contribution in [0.4, 0.5) is 0 Å². The minimum Gasteiger partial charge on any atom is -0.368 e. The number of nitrogens with zero attached hydrogens (tertiary/aromatic N) is 1. The lowest BCUT2D eigenvalue weighted by Crippen LogP contribution is -2.63. The van der Waals surface area contributed by atoms with Gasteiger partial charge in [-0.2, -0.15) is 0 Å². The van der Waals surface area contributed by atoms with Gasteiger partial charge in [-0.15, -0.1) is 0 Å². The Bertz CT molecular complexity index is 3220. The number of primary amides is 1. The quantitative estimate of drug-likeness (QED) is 0.0462. The summed E-state index contributed by atoms with van der Waals surface area (Å²) in [4.78, 5) is 123. The highest BCUT2D eigenvalue weighted by atomic mass is 35.5. The van der Waals surface area contributed by atoms with Gasteiger partial charge in [-0.25, -0.2) is 0 Å². The van der Waals surface area contributed by atoms with Crippen molar-refractivity contribution in [2.75, 3.05) is 18.1 Å². The Labute approximate surface area is 488 Å². The van der Waals surface area contributed by atoms with E-state index in [0.29, 0.717) is 40.1 Å². The predicted molar refractivity (Wildman–Crippen MR) is 321 cm³/mol. The van der Waals surface area contributed by atoms with Crippen LogP contribution in [0.2, 0.25) is 5.02 Å². The summed E-state index contributed by atoms with van der Waals surface area (Å²) >= 11 is 6.12. The number of pyridine rings is 1. The van der Waals surface area contributed by atoms with Crippen molar-refractivity contribution in [2.24, 2.45) is 22.6 Å². The molecule has 6 aromatic rings. The van der Waals surface area contributed by atoms with Gasteiger partial charge in [-0.3, -0.25) is 43.3 Å². The number of carbonyl (C=O) groups is 8. The highest BCUT2D eigenvalue weighted by molar-refractivity contribution is 8.76. The number of carbonyl (C=O) groups excluding carboxylic acids is 8. The first-order valence-corrected chi connectivity index (χ1v) is 29.9. The van der Waals surface area contributed by atoms with Crippen molar-refractivity contribution in [3.8, 4) is 0 Å². The normalized spacial score (nSPS) is 20.7. The molecular weight excluding hydrogens is 1100 g/mol. The molecule has 23 heteroatoms. The lowest BCUT2D eigenvalue weighted by atomic mass is 9.85. The molecule has 1 aliphatic rings. The third kappa shape index (κ3) is 17.8. The second-order valence-electron chi connectivity index (χ2n) is 21.4. The van der Waals surface area contributed by atoms with Crippen LogP contribution < -0.4 is 54.4 Å². The second-order valence-corrected chi connectivity index (χ2v) is 24.4. The van der Waals surface area contributed by atoms with Crippen molar-refractivity contribution in [1.82, 2.24) is 47.2 Å². The second kappa shape index (κ2) is 29.5. The van der Waals surface area contributed by atoms with Crippen LogP contribution in [-0.4, -0.2) is 124 Å². The molecule has 0 spiro atoms. The lowest BCUT2D eigenvalue weighted by molar-refractivity contribution is -0.136. The van der Waals surface area contributed by atoms with Crippen molar-refractivity contribution in [3.63, 3.8) is 0 Å². The molecule has 8 unspecified atom stereocenters. The maximum Gasteiger partial charge on any atom is 0.244 e. The zero-order valence-corrected chi connectivity index (χ0v) is 48.3. The van der Waals surface area contributed by atoms with Crippen molar-refractivity contribution in [3.05, 3.63) is 149 Å². The number of H-pyrrole nitrogens is 1. The Morgan fingerprint density at radius 3 is 2.07 bits per heavy atom. The largest absolute Gasteiger partial charge is 0.368 e. The molecule has 4 aromatic carbocycles. The summed E-state index contributed by atoms with van der Waals surface area (Å²) in [5.74, 6) is -6.42. The van der Waals surface area contributed by atoms with E-state index in [9.17, 15) is 38.4 Å². The molecule has 1 saturated heterocycles. The van der Waals surface area contributed by atoms with Gasteiger partial charge >= 0.3 is 0 Å². The fourth-order valence-electron chi connectivity index (χ4n) is 9.39. The molecule has 3 heterocycles. The van der Waals surface area contributed by atoms with E-state index in [1.165, 1.54) is 6.20 Å². The first-order chi connectivity index (χ1) is 39.3. The van der Waals surface area contributed by atoms with Crippen LogP contribution in [-0.2, 0) is 64.0 Å². The Morgan fingerprint density at radius 1 is 0.707 bits per heavy atom. The van der Waals surface area contributed by atoms with Crippen LogP contribution in [0.3, 0.4) is 0 Å². The fourth-order valence-corrected chi connectivity index (χ4v) is 11.8. The van der Waals surface area contributed by atoms with E-state index < -0.39 is 101 Å². The summed E-state index contributed by atoms with van der Waals surface area (Å²) in [6.07, 6.45) is 5.70. The molecule has 7 rings (SSSR count). The number of hydrogen-bond donors (Lipinski definition) is 11. The van der Waals surface area contributed by atoms with Crippen molar-refractivity contribution in [2.45, 2.75) is 114 Å². The van der Waals surface area contributed by atoms with Crippen molar-refractivity contribution >= 4 is 102 Å². The van der Waals surface area contributed by atoms with Gasteiger partial charge in [0.1, 0.15) is 42.3 Å². The first kappa shape index (κ1) is 62.1. The number of nitrogens with one attached hydrogen (secondary N) is 8. The van der Waals surface area contributed by atoms with E-state index in [4.69, 9.17) is 28.8 Å². The molecule has 0 radical (unpaired) electrons. The summed E-state index contributed by atoms with van der Waals surface area (Å²) in [5.41, 5.74) is 20.7. The zero-order chi connectivity index (χ0) is 58.9. The van der Waals surface area contributed by atoms with E-state index in [1.54, 1.807) is 69.6 Å². The number of rotatable bonds is 17. The van der Waals surface area contributed by atoms with Crippen molar-refractivity contribution < 1.29 is 38.4 Å². The minimum atomic E-state index is -1.39. The van der Waals surface area contributed by atoms with Crippen molar-refractivity contribution in [1.29, 1.82) is 0 Å². The van der Waals surface area contributed by atoms with E-state index in [2.05, 4.69) is 47.2 Å². The lowest BCUT2D eigenvalue weighted by Gasteiger charge is -2.33. The van der Waals surface area contributed by atoms with Gasteiger partial charge in [-0.1, -0.05) is 133 Å². The maximum absolute atomic E-state index is 14.9. The highest BCUT2D eigenvalue weighted by Gasteiger charge is 2.39. The number of benzene rings is 4. The Hall–Kier alpha value is -7.50. The number of aromatic nitrogens is 2. The summed E-state index contributed by atoms with van der Waals surface area (Å²) in [6, 6.07) is 20.4. The van der Waals surface area contributed by atoms with Gasteiger partial charge in [0.05, 0.1) is 6.04 Å². The number of unbranched alkanes of at least 4 members (excludes halogenated alkanes) is 1. The van der Waals surface area contributed by atoms with Crippen LogP contribution in [0.15, 0.2) is 122 Å². The Kier molecular flexibility index (Phi) is 22.3. The summed E-state index contributed by atoms with van der Waals surface area (Å²) in [6.45, 7) is 5.46. The summed E-state index contributed by atoms with van der Waals surface area (Å²) < 4.78 is 0. The van der Waals surface area contributed by atoms with E-state index in [0.717, 1.165) is 43.3 Å².